The van der Waals surface area contributed by atoms with Crippen LogP contribution in [0.25, 0.3) is 0 Å². The Morgan fingerprint density at radius 3 is 2.37 bits per heavy atom. The molecule has 0 amide bonds. The smallest absolute Gasteiger partial charge is 0.238 e. The Morgan fingerprint density at radius 1 is 1.19 bits per heavy atom. The van der Waals surface area contributed by atoms with Crippen molar-refractivity contribution in [2.24, 2.45) is 10.1 Å². The zero-order valence-electron chi connectivity index (χ0n) is 15.9. The molecular formula is C18H27N5O3S. The summed E-state index contributed by atoms with van der Waals surface area (Å²) in [6.07, 6.45) is 2.06. The standard InChI is InChI=1S/C18H27N5O3S/c1-4-14(5-2)17-10-15(26-23-17)12-22-18(20-3)21-11-13-6-8-16(9-7-13)27(19,24)25/h6-10,14H,4-5,11-12H2,1-3H3,(H2,19,24,25)(H2,20,21,22). The second-order valence-corrected chi connectivity index (χ2v) is 7.76. The molecule has 1 aromatic carbocycles. The van der Waals surface area contributed by atoms with Gasteiger partial charge in [0.2, 0.25) is 10.0 Å². The summed E-state index contributed by atoms with van der Waals surface area (Å²) in [6.45, 7) is 5.24. The molecule has 1 heterocycles. The quantitative estimate of drug-likeness (QED) is 0.466. The summed E-state index contributed by atoms with van der Waals surface area (Å²) in [6, 6.07) is 8.35. The number of aliphatic imine (C=N–C) groups is 1. The molecule has 9 heteroatoms. The topological polar surface area (TPSA) is 123 Å². The van der Waals surface area contributed by atoms with Crippen molar-refractivity contribution >= 4 is 16.0 Å². The van der Waals surface area contributed by atoms with Crippen molar-refractivity contribution in [3.05, 3.63) is 47.3 Å². The molecule has 0 saturated carbocycles. The van der Waals surface area contributed by atoms with Gasteiger partial charge in [0.25, 0.3) is 0 Å². The molecule has 8 nitrogen and oxygen atoms in total. The number of guanidine groups is 1. The molecule has 0 bridgehead atoms. The van der Waals surface area contributed by atoms with Gasteiger partial charge in [-0.2, -0.15) is 0 Å². The summed E-state index contributed by atoms with van der Waals surface area (Å²) in [5, 5.41) is 15.6. The van der Waals surface area contributed by atoms with E-state index in [1.807, 2.05) is 6.07 Å². The van der Waals surface area contributed by atoms with Gasteiger partial charge in [-0.15, -0.1) is 0 Å². The first-order chi connectivity index (χ1) is 12.9. The summed E-state index contributed by atoms with van der Waals surface area (Å²) < 4.78 is 27.9. The van der Waals surface area contributed by atoms with E-state index in [1.165, 1.54) is 12.1 Å². The molecule has 0 unspecified atom stereocenters. The van der Waals surface area contributed by atoms with Crippen molar-refractivity contribution in [2.75, 3.05) is 7.05 Å². The molecule has 4 N–H and O–H groups in total. The number of aromatic nitrogens is 1. The van der Waals surface area contributed by atoms with Crippen LogP contribution >= 0.6 is 0 Å². The second kappa shape index (κ2) is 9.52. The van der Waals surface area contributed by atoms with Crippen molar-refractivity contribution in [2.45, 2.75) is 50.6 Å². The Labute approximate surface area is 160 Å². The maximum absolute atomic E-state index is 11.3. The number of hydrogen-bond acceptors (Lipinski definition) is 5. The average molecular weight is 394 g/mol. The molecule has 0 atom stereocenters. The van der Waals surface area contributed by atoms with Crippen LogP contribution in [0.1, 0.15) is 49.6 Å². The number of nitrogens with one attached hydrogen (secondary N) is 2. The zero-order chi connectivity index (χ0) is 19.9. The Kier molecular flexibility index (Phi) is 7.37. The maximum atomic E-state index is 11.3. The third kappa shape index (κ3) is 6.07. The molecule has 27 heavy (non-hydrogen) atoms. The molecule has 0 aliphatic carbocycles. The van der Waals surface area contributed by atoms with Crippen LogP contribution in [0.3, 0.4) is 0 Å². The minimum Gasteiger partial charge on any atom is -0.359 e. The first kappa shape index (κ1) is 20.9. The van der Waals surface area contributed by atoms with E-state index in [0.717, 1.165) is 29.9 Å². The summed E-state index contributed by atoms with van der Waals surface area (Å²) in [5.41, 5.74) is 1.88. The summed E-state index contributed by atoms with van der Waals surface area (Å²) in [5.74, 6) is 1.77. The third-order valence-electron chi connectivity index (χ3n) is 4.35. The number of nitrogens with zero attached hydrogens (tertiary/aromatic N) is 2. The molecule has 0 aliphatic heterocycles. The van der Waals surface area contributed by atoms with Crippen LogP contribution in [0.4, 0.5) is 0 Å². The highest BCUT2D eigenvalue weighted by molar-refractivity contribution is 7.89. The lowest BCUT2D eigenvalue weighted by Gasteiger charge is -2.11. The van der Waals surface area contributed by atoms with Gasteiger partial charge in [0.15, 0.2) is 11.7 Å². The van der Waals surface area contributed by atoms with E-state index < -0.39 is 10.0 Å². The number of hydrogen-bond donors (Lipinski definition) is 3. The average Bonchev–Trinajstić information content (AvgIpc) is 3.11. The molecule has 1 aromatic heterocycles. The Morgan fingerprint density at radius 2 is 1.81 bits per heavy atom. The number of sulfonamides is 1. The van der Waals surface area contributed by atoms with Gasteiger partial charge in [-0.1, -0.05) is 31.1 Å². The first-order valence-corrected chi connectivity index (χ1v) is 10.4. The zero-order valence-corrected chi connectivity index (χ0v) is 16.7. The van der Waals surface area contributed by atoms with E-state index in [1.54, 1.807) is 19.2 Å². The van der Waals surface area contributed by atoms with E-state index in [2.05, 4.69) is 34.6 Å². The van der Waals surface area contributed by atoms with Crippen LogP contribution < -0.4 is 15.8 Å². The van der Waals surface area contributed by atoms with Gasteiger partial charge in [-0.3, -0.25) is 4.99 Å². The molecule has 148 valence electrons. The fraction of sp³-hybridized carbons (Fsp3) is 0.444. The van der Waals surface area contributed by atoms with Crippen molar-refractivity contribution in [1.29, 1.82) is 0 Å². The van der Waals surface area contributed by atoms with E-state index in [-0.39, 0.29) is 4.90 Å². The van der Waals surface area contributed by atoms with E-state index in [0.29, 0.717) is 25.0 Å². The van der Waals surface area contributed by atoms with E-state index >= 15 is 0 Å². The van der Waals surface area contributed by atoms with Crippen LogP contribution in [-0.2, 0) is 23.1 Å². The SMILES string of the molecule is CCC(CC)c1cc(CNC(=NC)NCc2ccc(S(N)(=O)=O)cc2)on1. The van der Waals surface area contributed by atoms with Gasteiger partial charge < -0.3 is 15.2 Å². The normalized spacial score (nSPS) is 12.4. The second-order valence-electron chi connectivity index (χ2n) is 6.20. The highest BCUT2D eigenvalue weighted by atomic mass is 32.2. The van der Waals surface area contributed by atoms with E-state index in [4.69, 9.17) is 9.66 Å². The molecule has 0 fully saturated rings. The van der Waals surface area contributed by atoms with Crippen LogP contribution in [0.5, 0.6) is 0 Å². The van der Waals surface area contributed by atoms with Gasteiger partial charge in [-0.05, 0) is 30.5 Å². The minimum absolute atomic E-state index is 0.0901. The van der Waals surface area contributed by atoms with Crippen LogP contribution in [0.15, 0.2) is 44.7 Å². The number of nitrogens with two attached hydrogens (primary N) is 1. The Bertz CT molecular complexity index is 855. The van der Waals surface area contributed by atoms with Crippen LogP contribution in [-0.4, -0.2) is 26.6 Å². The molecule has 0 spiro atoms. The van der Waals surface area contributed by atoms with Gasteiger partial charge >= 0.3 is 0 Å². The van der Waals surface area contributed by atoms with Gasteiger partial charge in [0.05, 0.1) is 17.1 Å². The molecule has 2 rings (SSSR count). The largest absolute Gasteiger partial charge is 0.359 e. The summed E-state index contributed by atoms with van der Waals surface area (Å²) >= 11 is 0. The monoisotopic (exact) mass is 393 g/mol. The van der Waals surface area contributed by atoms with E-state index in [9.17, 15) is 8.42 Å². The van der Waals surface area contributed by atoms with Gasteiger partial charge in [0, 0.05) is 25.6 Å². The Hall–Kier alpha value is -2.39. The molecule has 0 aliphatic rings. The third-order valence-corrected chi connectivity index (χ3v) is 5.28. The molecular weight excluding hydrogens is 366 g/mol. The molecule has 0 radical (unpaired) electrons. The highest BCUT2D eigenvalue weighted by Crippen LogP contribution is 2.22. The fourth-order valence-electron chi connectivity index (χ4n) is 2.69. The predicted molar refractivity (Wildman–Crippen MR) is 105 cm³/mol. The van der Waals surface area contributed by atoms with Gasteiger partial charge in [-0.25, -0.2) is 13.6 Å². The predicted octanol–water partition coefficient (Wildman–Crippen LogP) is 2.09. The van der Waals surface area contributed by atoms with Gasteiger partial charge in [0.1, 0.15) is 0 Å². The maximum Gasteiger partial charge on any atom is 0.238 e. The first-order valence-electron chi connectivity index (χ1n) is 8.89. The lowest BCUT2D eigenvalue weighted by atomic mass is 9.99. The Balaban J connectivity index is 1.87. The molecule has 0 saturated heterocycles. The van der Waals surface area contributed by atoms with Crippen molar-refractivity contribution in [3.8, 4) is 0 Å². The minimum atomic E-state index is -3.68. The lowest BCUT2D eigenvalue weighted by molar-refractivity contribution is 0.368. The van der Waals surface area contributed by atoms with Crippen molar-refractivity contribution in [3.63, 3.8) is 0 Å². The molecule has 2 aromatic rings. The summed E-state index contributed by atoms with van der Waals surface area (Å²) in [4.78, 5) is 4.26. The summed E-state index contributed by atoms with van der Waals surface area (Å²) in [7, 11) is -2.00. The highest BCUT2D eigenvalue weighted by Gasteiger charge is 2.13. The number of rotatable bonds is 8. The number of primary sulfonamides is 1. The van der Waals surface area contributed by atoms with Crippen molar-refractivity contribution in [1.82, 2.24) is 15.8 Å². The fourth-order valence-corrected chi connectivity index (χ4v) is 3.20. The number of benzene rings is 1. The van der Waals surface area contributed by atoms with Crippen LogP contribution in [0.2, 0.25) is 0 Å². The lowest BCUT2D eigenvalue weighted by Crippen LogP contribution is -2.36. The van der Waals surface area contributed by atoms with Crippen molar-refractivity contribution < 1.29 is 12.9 Å². The van der Waals surface area contributed by atoms with Crippen LogP contribution in [0, 0.1) is 0 Å².